The fraction of sp³-hybridized carbons (Fsp3) is 0.235. The molecule has 0 fully saturated rings. The fourth-order valence-corrected chi connectivity index (χ4v) is 6.53. The van der Waals surface area contributed by atoms with E-state index in [4.69, 9.17) is 11.6 Å². The predicted molar refractivity (Wildman–Crippen MR) is 171 cm³/mol. The van der Waals surface area contributed by atoms with Gasteiger partial charge in [-0.1, -0.05) is 96.5 Å². The van der Waals surface area contributed by atoms with Crippen LogP contribution < -0.4 is 9.62 Å². The number of para-hydroxylation sites is 1. The smallest absolute Gasteiger partial charge is 0.264 e. The Morgan fingerprint density at radius 3 is 2.02 bits per heavy atom. The normalized spacial score (nSPS) is 12.0. The molecule has 0 aliphatic rings. The van der Waals surface area contributed by atoms with Crippen molar-refractivity contribution in [3.8, 4) is 0 Å². The van der Waals surface area contributed by atoms with Crippen LogP contribution in [0, 0.1) is 6.92 Å². The number of halogens is 1. The van der Waals surface area contributed by atoms with Crippen molar-refractivity contribution in [1.82, 2.24) is 10.2 Å². The van der Waals surface area contributed by atoms with Crippen LogP contribution in [0.25, 0.3) is 0 Å². The first-order valence-electron chi connectivity index (χ1n) is 14.1. The highest BCUT2D eigenvalue weighted by Gasteiger charge is 2.35. The van der Waals surface area contributed by atoms with Gasteiger partial charge in [-0.2, -0.15) is 0 Å². The van der Waals surface area contributed by atoms with Crippen LogP contribution in [0.1, 0.15) is 30.5 Å². The zero-order chi connectivity index (χ0) is 31.0. The van der Waals surface area contributed by atoms with Gasteiger partial charge in [0, 0.05) is 19.0 Å². The maximum absolute atomic E-state index is 14.5. The van der Waals surface area contributed by atoms with E-state index in [1.807, 2.05) is 75.4 Å². The molecule has 4 aromatic carbocycles. The summed E-state index contributed by atoms with van der Waals surface area (Å²) in [5.41, 5.74) is 2.83. The fourth-order valence-electron chi connectivity index (χ4n) is 4.79. The number of carbonyl (C=O) groups excluding carboxylic acids is 2. The molecule has 0 aliphatic heterocycles. The van der Waals surface area contributed by atoms with E-state index in [1.54, 1.807) is 42.5 Å². The lowest BCUT2D eigenvalue weighted by atomic mass is 10.0. The molecule has 7 nitrogen and oxygen atoms in total. The van der Waals surface area contributed by atoms with Gasteiger partial charge in [0.25, 0.3) is 10.0 Å². The number of aryl methyl sites for hydroxylation is 1. The zero-order valence-electron chi connectivity index (χ0n) is 24.5. The van der Waals surface area contributed by atoms with E-state index >= 15 is 0 Å². The number of carbonyl (C=O) groups is 2. The van der Waals surface area contributed by atoms with Crippen molar-refractivity contribution in [1.29, 1.82) is 0 Å². The van der Waals surface area contributed by atoms with Crippen molar-refractivity contribution in [3.63, 3.8) is 0 Å². The Balaban J connectivity index is 1.82. The standard InChI is InChI=1S/C34H36ClN3O4S/c1-25(2)36-34(40)32(22-27-15-6-4-7-16-27)37(23-28-17-11-10-14-26(28)3)33(39)24-38(31-21-13-12-20-30(31)35)43(41,42)29-18-8-5-9-19-29/h4-21,25,32H,22-24H2,1-3H3,(H,36,40)/t32-/m0/s1. The number of benzene rings is 4. The number of rotatable bonds is 12. The highest BCUT2D eigenvalue weighted by Crippen LogP contribution is 2.31. The van der Waals surface area contributed by atoms with E-state index in [0.29, 0.717) is 0 Å². The molecule has 1 atom stereocenters. The van der Waals surface area contributed by atoms with Gasteiger partial charge in [-0.3, -0.25) is 13.9 Å². The van der Waals surface area contributed by atoms with E-state index in [-0.39, 0.29) is 40.5 Å². The third-order valence-corrected chi connectivity index (χ3v) is 9.13. The van der Waals surface area contributed by atoms with Crippen molar-refractivity contribution >= 4 is 39.1 Å². The number of nitrogens with zero attached hydrogens (tertiary/aromatic N) is 2. The molecule has 4 aromatic rings. The molecule has 4 rings (SSSR count). The summed E-state index contributed by atoms with van der Waals surface area (Å²) in [7, 11) is -4.21. The lowest BCUT2D eigenvalue weighted by Crippen LogP contribution is -2.54. The number of hydrogen-bond acceptors (Lipinski definition) is 4. The molecule has 0 unspecified atom stereocenters. The predicted octanol–water partition coefficient (Wildman–Crippen LogP) is 6.01. The lowest BCUT2D eigenvalue weighted by Gasteiger charge is -2.34. The van der Waals surface area contributed by atoms with Crippen molar-refractivity contribution in [2.24, 2.45) is 0 Å². The minimum Gasteiger partial charge on any atom is -0.352 e. The zero-order valence-corrected chi connectivity index (χ0v) is 26.1. The highest BCUT2D eigenvalue weighted by molar-refractivity contribution is 7.92. The first kappa shape index (κ1) is 31.8. The van der Waals surface area contributed by atoms with Gasteiger partial charge in [0.2, 0.25) is 11.8 Å². The maximum atomic E-state index is 14.5. The number of amides is 2. The van der Waals surface area contributed by atoms with Crippen LogP contribution in [0.2, 0.25) is 5.02 Å². The van der Waals surface area contributed by atoms with Crippen molar-refractivity contribution in [2.75, 3.05) is 10.8 Å². The second-order valence-electron chi connectivity index (χ2n) is 10.6. The molecule has 9 heteroatoms. The number of sulfonamides is 1. The quantitative estimate of drug-likeness (QED) is 0.211. The summed E-state index contributed by atoms with van der Waals surface area (Å²) in [4.78, 5) is 29.7. The van der Waals surface area contributed by atoms with Crippen LogP contribution in [0.4, 0.5) is 5.69 Å². The van der Waals surface area contributed by atoms with E-state index in [2.05, 4.69) is 5.32 Å². The summed E-state index contributed by atoms with van der Waals surface area (Å²) in [5.74, 6) is -0.862. The minimum absolute atomic E-state index is 0.0200. The SMILES string of the molecule is Cc1ccccc1CN(C(=O)CN(c1ccccc1Cl)S(=O)(=O)c1ccccc1)[C@@H](Cc1ccccc1)C(=O)NC(C)C. The largest absolute Gasteiger partial charge is 0.352 e. The Morgan fingerprint density at radius 1 is 0.814 bits per heavy atom. The van der Waals surface area contributed by atoms with Gasteiger partial charge in [-0.15, -0.1) is 0 Å². The van der Waals surface area contributed by atoms with Crippen LogP contribution in [-0.2, 0) is 32.6 Å². The molecule has 224 valence electrons. The van der Waals surface area contributed by atoms with E-state index in [1.165, 1.54) is 17.0 Å². The topological polar surface area (TPSA) is 86.8 Å². The Morgan fingerprint density at radius 2 is 1.40 bits per heavy atom. The first-order valence-corrected chi connectivity index (χ1v) is 15.9. The van der Waals surface area contributed by atoms with E-state index in [9.17, 15) is 18.0 Å². The molecule has 0 spiro atoms. The van der Waals surface area contributed by atoms with Gasteiger partial charge in [-0.05, 0) is 61.7 Å². The second-order valence-corrected chi connectivity index (χ2v) is 12.9. The highest BCUT2D eigenvalue weighted by atomic mass is 35.5. The molecular weight excluding hydrogens is 582 g/mol. The van der Waals surface area contributed by atoms with Crippen molar-refractivity contribution < 1.29 is 18.0 Å². The van der Waals surface area contributed by atoms with E-state index < -0.39 is 28.5 Å². The molecule has 0 heterocycles. The lowest BCUT2D eigenvalue weighted by molar-refractivity contribution is -0.140. The van der Waals surface area contributed by atoms with Gasteiger partial charge >= 0.3 is 0 Å². The maximum Gasteiger partial charge on any atom is 0.264 e. The van der Waals surface area contributed by atoms with Gasteiger partial charge in [-0.25, -0.2) is 8.42 Å². The van der Waals surface area contributed by atoms with Crippen LogP contribution in [0.5, 0.6) is 0 Å². The number of nitrogens with one attached hydrogen (secondary N) is 1. The monoisotopic (exact) mass is 617 g/mol. The molecule has 0 radical (unpaired) electrons. The van der Waals surface area contributed by atoms with E-state index in [0.717, 1.165) is 21.0 Å². The summed E-state index contributed by atoms with van der Waals surface area (Å²) in [5, 5.41) is 3.14. The summed E-state index contributed by atoms with van der Waals surface area (Å²) in [6, 6.07) is 30.4. The molecule has 0 saturated carbocycles. The third-order valence-electron chi connectivity index (χ3n) is 7.04. The molecular formula is C34H36ClN3O4S. The number of anilines is 1. The molecule has 0 aliphatic carbocycles. The Kier molecular flexibility index (Phi) is 10.6. The molecule has 0 saturated heterocycles. The Bertz CT molecular complexity index is 1650. The summed E-state index contributed by atoms with van der Waals surface area (Å²) in [6.45, 7) is 5.20. The van der Waals surface area contributed by atoms with Crippen LogP contribution in [-0.4, -0.2) is 43.8 Å². The average molecular weight is 618 g/mol. The molecule has 1 N–H and O–H groups in total. The van der Waals surface area contributed by atoms with Crippen molar-refractivity contribution in [3.05, 3.63) is 131 Å². The molecule has 2 amide bonds. The van der Waals surface area contributed by atoms with Crippen LogP contribution >= 0.6 is 11.6 Å². The third kappa shape index (κ3) is 8.03. The Labute approximate surface area is 259 Å². The first-order chi connectivity index (χ1) is 20.6. The summed E-state index contributed by atoms with van der Waals surface area (Å²) < 4.78 is 29.1. The molecule has 43 heavy (non-hydrogen) atoms. The molecule has 0 bridgehead atoms. The average Bonchev–Trinajstić information content (AvgIpc) is 2.99. The van der Waals surface area contributed by atoms with Crippen molar-refractivity contribution in [2.45, 2.75) is 50.7 Å². The minimum atomic E-state index is -4.21. The molecule has 0 aromatic heterocycles. The Hall–Kier alpha value is -4.14. The number of hydrogen-bond donors (Lipinski definition) is 1. The summed E-state index contributed by atoms with van der Waals surface area (Å²) >= 11 is 6.51. The van der Waals surface area contributed by atoms with Gasteiger partial charge in [0.1, 0.15) is 12.6 Å². The van der Waals surface area contributed by atoms with Crippen LogP contribution in [0.15, 0.2) is 114 Å². The van der Waals surface area contributed by atoms with Gasteiger partial charge in [0.05, 0.1) is 15.6 Å². The summed E-state index contributed by atoms with van der Waals surface area (Å²) in [6.07, 6.45) is 0.245. The van der Waals surface area contributed by atoms with Gasteiger partial charge < -0.3 is 10.2 Å². The van der Waals surface area contributed by atoms with Gasteiger partial charge in [0.15, 0.2) is 0 Å². The second kappa shape index (κ2) is 14.4. The van der Waals surface area contributed by atoms with Crippen LogP contribution in [0.3, 0.4) is 0 Å².